The van der Waals surface area contributed by atoms with Crippen molar-refractivity contribution in [1.29, 1.82) is 0 Å². The largest absolute Gasteiger partial charge is 0.184 e. The van der Waals surface area contributed by atoms with Gasteiger partial charge in [-0.1, -0.05) is 113 Å². The summed E-state index contributed by atoms with van der Waals surface area (Å²) in [6.45, 7) is 23.4. The van der Waals surface area contributed by atoms with Crippen LogP contribution in [0.1, 0.15) is 85.8 Å². The Morgan fingerprint density at radius 1 is 0.760 bits per heavy atom. The van der Waals surface area contributed by atoms with Crippen LogP contribution in [0.15, 0.2) is 132 Å². The number of hydrogen-bond acceptors (Lipinski definition) is 0. The molecule has 0 heterocycles. The van der Waals surface area contributed by atoms with Crippen LogP contribution in [0.25, 0.3) is 5.57 Å². The van der Waals surface area contributed by atoms with Crippen molar-refractivity contribution in [1.82, 2.24) is 0 Å². The molecule has 0 amide bonds. The Hall–Kier alpha value is -2.09. The minimum atomic E-state index is 0. The zero-order chi connectivity index (χ0) is 35.0. The molecule has 4 heteroatoms. The van der Waals surface area contributed by atoms with E-state index >= 15 is 0 Å². The minimum absolute atomic E-state index is 0. The van der Waals surface area contributed by atoms with E-state index in [-0.39, 0.29) is 46.5 Å². The van der Waals surface area contributed by atoms with E-state index in [0.717, 1.165) is 12.8 Å². The third kappa shape index (κ3) is 8.26. The van der Waals surface area contributed by atoms with Crippen LogP contribution in [0.3, 0.4) is 0 Å². The second kappa shape index (κ2) is 19.1. The average molecular weight is 797 g/mol. The standard InChI is InChI=1S/C29H37.2C6H5.C5H5.2ClH.Si.Zr/c1-18-25-22-17-19-13-9-10-14-20(19)24(22)21-15-11-12-16-23(21)29(25,8)28(6,7)27(4,5)26(18,2)3;2*1-2-4-6-5-3-1;1-2-4-5-3-1;;;;/h9-11,13-15,23H,12,16-17H2,1-8H3;2*1-5H;1-3H,4H2;2*1H;;/q4*-1;;;;. The molecule has 3 aromatic rings. The summed E-state index contributed by atoms with van der Waals surface area (Å²) in [4.78, 5) is 0. The Labute approximate surface area is 334 Å². The molecule has 2 unspecified atom stereocenters. The second-order valence-electron chi connectivity index (χ2n) is 14.9. The van der Waals surface area contributed by atoms with Gasteiger partial charge in [0.05, 0.1) is 0 Å². The first kappa shape index (κ1) is 44.1. The molecular formula is C46H54Cl2SiZr-4. The number of benzene rings is 3. The molecule has 3 aromatic carbocycles. The van der Waals surface area contributed by atoms with Gasteiger partial charge in [-0.2, -0.15) is 90.0 Å². The molecule has 1 fully saturated rings. The van der Waals surface area contributed by atoms with Crippen molar-refractivity contribution < 1.29 is 23.3 Å². The summed E-state index contributed by atoms with van der Waals surface area (Å²) in [5.74, 6) is 2.24. The fourth-order valence-corrected chi connectivity index (χ4v) is 8.59. The molecule has 2 atom stereocenters. The summed E-state index contributed by atoms with van der Waals surface area (Å²) in [7, 11) is 0. The molecule has 1 saturated carbocycles. The minimum Gasteiger partial charge on any atom is -0.184 e. The summed E-state index contributed by atoms with van der Waals surface area (Å²) in [5, 5.41) is 0. The van der Waals surface area contributed by atoms with Gasteiger partial charge in [-0.3, -0.25) is 6.08 Å². The predicted octanol–water partition coefficient (Wildman–Crippen LogP) is 12.7. The number of rotatable bonds is 0. The molecule has 2 radical (unpaired) electrons. The Bertz CT molecular complexity index is 1570. The molecule has 264 valence electrons. The van der Waals surface area contributed by atoms with Crippen LogP contribution >= 0.6 is 24.8 Å². The Morgan fingerprint density at radius 3 is 1.80 bits per heavy atom. The predicted molar refractivity (Wildman–Crippen MR) is 217 cm³/mol. The first-order valence-corrected chi connectivity index (χ1v) is 21.5. The van der Waals surface area contributed by atoms with Crippen molar-refractivity contribution in [2.24, 2.45) is 27.6 Å². The molecule has 5 aliphatic carbocycles. The Balaban J connectivity index is 0.000000336. The SMILES string of the molecule is C[C-]1C2=C3Cc4ccccc4C3=C3C=CCCC3C2(C)C(C)(C)C(C)(C)C1(C)C.Cl.Cl.[C-]1=CC=CC1.[Si]=[Zr].[c-]1ccccc1.[c-]1ccccc1. The molecule has 0 nitrogen and oxygen atoms in total. The zero-order valence-electron chi connectivity index (χ0n) is 31.2. The molecule has 0 spiro atoms. The summed E-state index contributed by atoms with van der Waals surface area (Å²) < 4.78 is 0. The third-order valence-corrected chi connectivity index (χ3v) is 12.6. The smallest absolute Gasteiger partial charge is 0.171 e. The molecule has 0 N–H and O–H groups in total. The van der Waals surface area contributed by atoms with Gasteiger partial charge in [-0.05, 0) is 40.6 Å². The summed E-state index contributed by atoms with van der Waals surface area (Å²) in [5.41, 5.74) is 10.3. The normalized spacial score (nSPS) is 23.0. The Kier molecular flexibility index (Phi) is 16.9. The summed E-state index contributed by atoms with van der Waals surface area (Å²) in [6, 6.07) is 34.2. The van der Waals surface area contributed by atoms with Crippen LogP contribution < -0.4 is 0 Å². The first-order valence-electron chi connectivity index (χ1n) is 17.3. The van der Waals surface area contributed by atoms with Crippen molar-refractivity contribution in [3.8, 4) is 0 Å². The van der Waals surface area contributed by atoms with E-state index in [1.54, 1.807) is 28.2 Å². The van der Waals surface area contributed by atoms with Crippen LogP contribution in [0.5, 0.6) is 0 Å². The van der Waals surface area contributed by atoms with E-state index in [2.05, 4.69) is 123 Å². The van der Waals surface area contributed by atoms with Gasteiger partial charge in [-0.15, -0.1) is 38.2 Å². The quantitative estimate of drug-likeness (QED) is 0.157. The fraction of sp³-hybridized carbons (Fsp3) is 0.370. The maximum absolute atomic E-state index is 3.06. The van der Waals surface area contributed by atoms with E-state index < -0.39 is 0 Å². The van der Waals surface area contributed by atoms with Gasteiger partial charge in [0, 0.05) is 0 Å². The number of fused-ring (bicyclic) bond motifs is 6. The van der Waals surface area contributed by atoms with Gasteiger partial charge in [-0.25, -0.2) is 18.1 Å². The molecule has 0 aliphatic heterocycles. The second-order valence-corrected chi connectivity index (χ2v) is 14.9. The summed E-state index contributed by atoms with van der Waals surface area (Å²) >= 11 is 1.36. The van der Waals surface area contributed by atoms with Crippen LogP contribution in [0.4, 0.5) is 0 Å². The van der Waals surface area contributed by atoms with E-state index in [0.29, 0.717) is 5.92 Å². The molecule has 50 heavy (non-hydrogen) atoms. The van der Waals surface area contributed by atoms with Gasteiger partial charge in [0.25, 0.3) is 0 Å². The average Bonchev–Trinajstić information content (AvgIpc) is 3.83. The Morgan fingerprint density at radius 2 is 1.34 bits per heavy atom. The van der Waals surface area contributed by atoms with Gasteiger partial charge in [0.1, 0.15) is 0 Å². The monoisotopic (exact) mass is 794 g/mol. The molecule has 0 aromatic heterocycles. The summed E-state index contributed by atoms with van der Waals surface area (Å²) in [6.07, 6.45) is 18.5. The van der Waals surface area contributed by atoms with E-state index in [4.69, 9.17) is 0 Å². The third-order valence-electron chi connectivity index (χ3n) is 12.6. The molecule has 5 aliphatic rings. The van der Waals surface area contributed by atoms with Crippen molar-refractivity contribution in [3.05, 3.63) is 167 Å². The number of halogens is 2. The maximum atomic E-state index is 3.06. The van der Waals surface area contributed by atoms with Crippen molar-refractivity contribution in [2.75, 3.05) is 0 Å². The van der Waals surface area contributed by atoms with Gasteiger partial charge >= 0.3 is 30.2 Å². The van der Waals surface area contributed by atoms with Crippen LogP contribution in [-0.4, -0.2) is 6.88 Å². The molecule has 8 rings (SSSR count). The van der Waals surface area contributed by atoms with Gasteiger partial charge in [0.15, 0.2) is 0 Å². The van der Waals surface area contributed by atoms with E-state index in [1.165, 1.54) is 47.3 Å². The number of hydrogen-bond donors (Lipinski definition) is 0. The fourth-order valence-electron chi connectivity index (χ4n) is 8.59. The van der Waals surface area contributed by atoms with E-state index in [9.17, 15) is 0 Å². The molecular weight excluding hydrogens is 743 g/mol. The van der Waals surface area contributed by atoms with Crippen LogP contribution in [-0.2, 0) is 29.8 Å². The first-order chi connectivity index (χ1) is 23.0. The molecule has 0 bridgehead atoms. The van der Waals surface area contributed by atoms with Crippen molar-refractivity contribution in [3.63, 3.8) is 0 Å². The van der Waals surface area contributed by atoms with Crippen molar-refractivity contribution >= 4 is 37.3 Å². The molecule has 0 saturated heterocycles. The van der Waals surface area contributed by atoms with Crippen LogP contribution in [0, 0.1) is 51.7 Å². The maximum Gasteiger partial charge on any atom is -0.171 e. The number of allylic oxidation sites excluding steroid dienone is 10. The van der Waals surface area contributed by atoms with E-state index in [1.807, 2.05) is 72.8 Å². The van der Waals surface area contributed by atoms with Gasteiger partial charge in [0.2, 0.25) is 0 Å². The van der Waals surface area contributed by atoms with Crippen LogP contribution in [0.2, 0.25) is 0 Å². The van der Waals surface area contributed by atoms with Gasteiger partial charge < -0.3 is 0 Å². The topological polar surface area (TPSA) is 0 Å². The van der Waals surface area contributed by atoms with Crippen molar-refractivity contribution in [2.45, 2.75) is 81.1 Å². The zero-order valence-corrected chi connectivity index (χ0v) is 36.3.